The second kappa shape index (κ2) is 6.15. The zero-order valence-electron chi connectivity index (χ0n) is 11.6. The monoisotopic (exact) mass is 371 g/mol. The Labute approximate surface area is 132 Å². The molecule has 0 amide bonds. The number of sulfone groups is 1. The van der Waals surface area contributed by atoms with Crippen molar-refractivity contribution in [1.29, 1.82) is 0 Å². The molecule has 1 N–H and O–H groups in total. The summed E-state index contributed by atoms with van der Waals surface area (Å²) in [4.78, 5) is 0.264. The van der Waals surface area contributed by atoms with Gasteiger partial charge in [0, 0.05) is 18.0 Å². The summed E-state index contributed by atoms with van der Waals surface area (Å²) in [6, 6.07) is 11.3. The molecule has 0 aromatic heterocycles. The zero-order valence-corrected chi connectivity index (χ0v) is 14.0. The third kappa shape index (κ3) is 4.04. The third-order valence-corrected chi connectivity index (χ3v) is 4.81. The minimum Gasteiger partial charge on any atom is -0.378 e. The molecule has 2 rings (SSSR count). The van der Waals surface area contributed by atoms with Crippen LogP contribution in [-0.4, -0.2) is 14.7 Å². The van der Waals surface area contributed by atoms with Crippen LogP contribution in [-0.2, 0) is 9.84 Å². The summed E-state index contributed by atoms with van der Waals surface area (Å²) >= 11 is 3.16. The zero-order chi connectivity index (χ0) is 15.6. The number of hydrogen-bond acceptors (Lipinski definition) is 3. The Hall–Kier alpha value is -1.40. The summed E-state index contributed by atoms with van der Waals surface area (Å²) in [6.07, 6.45) is 1.17. The predicted molar refractivity (Wildman–Crippen MR) is 85.7 cm³/mol. The van der Waals surface area contributed by atoms with E-state index in [-0.39, 0.29) is 16.8 Å². The Morgan fingerprint density at radius 3 is 2.52 bits per heavy atom. The summed E-state index contributed by atoms with van der Waals surface area (Å²) in [7, 11) is -3.24. The van der Waals surface area contributed by atoms with Crippen LogP contribution >= 0.6 is 15.9 Å². The molecule has 0 aliphatic rings. The van der Waals surface area contributed by atoms with Gasteiger partial charge in [-0.2, -0.15) is 0 Å². The predicted octanol–water partition coefficient (Wildman–Crippen LogP) is 4.16. The molecule has 0 radical (unpaired) electrons. The molecule has 112 valence electrons. The highest BCUT2D eigenvalue weighted by Crippen LogP contribution is 2.25. The van der Waals surface area contributed by atoms with E-state index in [0.29, 0.717) is 10.2 Å². The smallest absolute Gasteiger partial charge is 0.175 e. The van der Waals surface area contributed by atoms with Crippen LogP contribution < -0.4 is 5.32 Å². The summed E-state index contributed by atoms with van der Waals surface area (Å²) in [6.45, 7) is 1.92. The maximum absolute atomic E-state index is 13.2. The van der Waals surface area contributed by atoms with E-state index in [0.717, 1.165) is 5.56 Å². The largest absolute Gasteiger partial charge is 0.378 e. The Morgan fingerprint density at radius 2 is 1.90 bits per heavy atom. The molecule has 2 aromatic carbocycles. The second-order valence-corrected chi connectivity index (χ2v) is 7.71. The van der Waals surface area contributed by atoms with Gasteiger partial charge >= 0.3 is 0 Å². The van der Waals surface area contributed by atoms with Crippen LogP contribution in [0.5, 0.6) is 0 Å². The van der Waals surface area contributed by atoms with Crippen LogP contribution in [0.1, 0.15) is 18.5 Å². The Morgan fingerprint density at radius 1 is 1.19 bits per heavy atom. The molecule has 2 aromatic rings. The fourth-order valence-electron chi connectivity index (χ4n) is 1.93. The molecular formula is C15H15BrFNO2S. The molecule has 6 heteroatoms. The number of hydrogen-bond donors (Lipinski definition) is 1. The standard InChI is InChI=1S/C15H15BrFNO2S/c1-10(11-6-7-15(17)14(16)8-11)18-12-4-3-5-13(9-12)21(2,19)20/h3-10,18H,1-2H3. The molecule has 3 nitrogen and oxygen atoms in total. The van der Waals surface area contributed by atoms with Crippen LogP contribution in [0, 0.1) is 5.82 Å². The Bertz CT molecular complexity index is 762. The number of anilines is 1. The minimum atomic E-state index is -3.24. The van der Waals surface area contributed by atoms with Gasteiger partial charge in [-0.1, -0.05) is 12.1 Å². The number of rotatable bonds is 4. The molecule has 0 heterocycles. The number of nitrogens with one attached hydrogen (secondary N) is 1. The number of benzene rings is 2. The average molecular weight is 372 g/mol. The highest BCUT2D eigenvalue weighted by atomic mass is 79.9. The highest BCUT2D eigenvalue weighted by Gasteiger charge is 2.11. The van der Waals surface area contributed by atoms with Gasteiger partial charge in [0.1, 0.15) is 5.82 Å². The fraction of sp³-hybridized carbons (Fsp3) is 0.200. The van der Waals surface area contributed by atoms with Crippen molar-refractivity contribution < 1.29 is 12.8 Å². The van der Waals surface area contributed by atoms with Crippen LogP contribution in [0.15, 0.2) is 51.8 Å². The van der Waals surface area contributed by atoms with E-state index in [4.69, 9.17) is 0 Å². The molecule has 0 aliphatic carbocycles. The lowest BCUT2D eigenvalue weighted by atomic mass is 10.1. The lowest BCUT2D eigenvalue weighted by Crippen LogP contribution is -2.07. The maximum atomic E-state index is 13.2. The molecule has 1 unspecified atom stereocenters. The Balaban J connectivity index is 2.23. The first-order valence-electron chi connectivity index (χ1n) is 6.29. The molecule has 0 saturated heterocycles. The van der Waals surface area contributed by atoms with Crippen molar-refractivity contribution in [2.24, 2.45) is 0 Å². The van der Waals surface area contributed by atoms with E-state index in [9.17, 15) is 12.8 Å². The molecule has 0 aliphatic heterocycles. The molecule has 0 spiro atoms. The molecule has 0 bridgehead atoms. The van der Waals surface area contributed by atoms with Gasteiger partial charge in [0.15, 0.2) is 9.84 Å². The van der Waals surface area contributed by atoms with Gasteiger partial charge in [-0.3, -0.25) is 0 Å². The first-order chi connectivity index (χ1) is 9.77. The van der Waals surface area contributed by atoms with E-state index in [1.807, 2.05) is 6.92 Å². The van der Waals surface area contributed by atoms with Gasteiger partial charge in [0.2, 0.25) is 0 Å². The molecule has 0 fully saturated rings. The van der Waals surface area contributed by atoms with E-state index >= 15 is 0 Å². The minimum absolute atomic E-state index is 0.0864. The van der Waals surface area contributed by atoms with Crippen molar-refractivity contribution in [2.75, 3.05) is 11.6 Å². The quantitative estimate of drug-likeness (QED) is 0.877. The van der Waals surface area contributed by atoms with Gasteiger partial charge in [-0.15, -0.1) is 0 Å². The van der Waals surface area contributed by atoms with Crippen molar-refractivity contribution in [3.8, 4) is 0 Å². The summed E-state index contributed by atoms with van der Waals surface area (Å²) < 4.78 is 36.7. The summed E-state index contributed by atoms with van der Waals surface area (Å²) in [5, 5.41) is 3.21. The van der Waals surface area contributed by atoms with Crippen LogP contribution in [0.3, 0.4) is 0 Å². The van der Waals surface area contributed by atoms with Gasteiger partial charge in [0.25, 0.3) is 0 Å². The molecular weight excluding hydrogens is 357 g/mol. The van der Waals surface area contributed by atoms with E-state index in [1.165, 1.54) is 12.3 Å². The van der Waals surface area contributed by atoms with Gasteiger partial charge in [0.05, 0.1) is 9.37 Å². The van der Waals surface area contributed by atoms with Gasteiger partial charge < -0.3 is 5.32 Å². The lowest BCUT2D eigenvalue weighted by Gasteiger charge is -2.16. The van der Waals surface area contributed by atoms with E-state index in [1.54, 1.807) is 36.4 Å². The normalized spacial score (nSPS) is 13.0. The lowest BCUT2D eigenvalue weighted by molar-refractivity contribution is 0.602. The Kier molecular flexibility index (Phi) is 4.68. The summed E-state index contributed by atoms with van der Waals surface area (Å²) in [5.74, 6) is -0.315. The topological polar surface area (TPSA) is 46.2 Å². The van der Waals surface area contributed by atoms with Crippen molar-refractivity contribution in [1.82, 2.24) is 0 Å². The second-order valence-electron chi connectivity index (χ2n) is 4.84. The SMILES string of the molecule is CC(Nc1cccc(S(C)(=O)=O)c1)c1ccc(F)c(Br)c1. The van der Waals surface area contributed by atoms with Crippen molar-refractivity contribution in [3.05, 3.63) is 58.3 Å². The van der Waals surface area contributed by atoms with Gasteiger partial charge in [-0.05, 0) is 58.7 Å². The van der Waals surface area contributed by atoms with Crippen molar-refractivity contribution in [2.45, 2.75) is 17.9 Å². The summed E-state index contributed by atoms with van der Waals surface area (Å²) in [5.41, 5.74) is 1.60. The molecule has 1 atom stereocenters. The van der Waals surface area contributed by atoms with Gasteiger partial charge in [-0.25, -0.2) is 12.8 Å². The van der Waals surface area contributed by atoms with E-state index in [2.05, 4.69) is 21.2 Å². The van der Waals surface area contributed by atoms with Crippen LogP contribution in [0.4, 0.5) is 10.1 Å². The fourth-order valence-corrected chi connectivity index (χ4v) is 2.99. The first-order valence-corrected chi connectivity index (χ1v) is 8.97. The molecule has 21 heavy (non-hydrogen) atoms. The van der Waals surface area contributed by atoms with E-state index < -0.39 is 9.84 Å². The van der Waals surface area contributed by atoms with Crippen molar-refractivity contribution >= 4 is 31.5 Å². The van der Waals surface area contributed by atoms with Crippen LogP contribution in [0.25, 0.3) is 0 Å². The number of halogens is 2. The average Bonchev–Trinajstić information content (AvgIpc) is 2.41. The van der Waals surface area contributed by atoms with Crippen LogP contribution in [0.2, 0.25) is 0 Å². The molecule has 0 saturated carbocycles. The van der Waals surface area contributed by atoms with Crippen molar-refractivity contribution in [3.63, 3.8) is 0 Å². The first kappa shape index (κ1) is 16.0. The highest BCUT2D eigenvalue weighted by molar-refractivity contribution is 9.10. The third-order valence-electron chi connectivity index (χ3n) is 3.09. The maximum Gasteiger partial charge on any atom is 0.175 e.